The van der Waals surface area contributed by atoms with E-state index in [4.69, 9.17) is 10.2 Å². The molecule has 0 fully saturated rings. The first kappa shape index (κ1) is 27.5. The van der Waals surface area contributed by atoms with Crippen LogP contribution < -0.4 is 24.5 Å². The van der Waals surface area contributed by atoms with Crippen LogP contribution in [0.5, 0.6) is 0 Å². The minimum atomic E-state index is 0.281. The highest BCUT2D eigenvalue weighted by molar-refractivity contribution is 5.86. The molecule has 0 bridgehead atoms. The molecule has 0 aliphatic rings. The Morgan fingerprint density at radius 3 is 1.50 bits per heavy atom. The summed E-state index contributed by atoms with van der Waals surface area (Å²) in [6.45, 7) is 21.7. The van der Waals surface area contributed by atoms with Crippen molar-refractivity contribution in [2.45, 2.75) is 67.5 Å². The molecule has 0 aliphatic carbocycles. The van der Waals surface area contributed by atoms with Crippen LogP contribution in [0.4, 0.5) is 11.4 Å². The molecule has 0 aliphatic heterocycles. The number of nitrogens with zero attached hydrogens (tertiary/aromatic N) is 6. The fourth-order valence-corrected chi connectivity index (χ4v) is 5.48. The molecular weight excluding hydrogens is 468 g/mol. The summed E-state index contributed by atoms with van der Waals surface area (Å²) >= 11 is 0. The van der Waals surface area contributed by atoms with E-state index in [1.807, 2.05) is 4.80 Å². The van der Waals surface area contributed by atoms with E-state index in [9.17, 15) is 0 Å². The van der Waals surface area contributed by atoms with Crippen LogP contribution in [0.2, 0.25) is 0 Å². The second-order valence-electron chi connectivity index (χ2n) is 10.3. The van der Waals surface area contributed by atoms with Crippen LogP contribution in [-0.4, -0.2) is 48.5 Å². The topological polar surface area (TPSA) is 39.1 Å². The van der Waals surface area contributed by atoms with Gasteiger partial charge in [-0.05, 0) is 55.4 Å². The van der Waals surface area contributed by atoms with Crippen molar-refractivity contribution < 1.29 is 4.80 Å². The maximum Gasteiger partial charge on any atom is 0.371 e. The summed E-state index contributed by atoms with van der Waals surface area (Å²) in [7, 11) is 0. The Hall–Kier alpha value is -3.54. The maximum absolute atomic E-state index is 5.31. The molecule has 4 rings (SSSR count). The largest absolute Gasteiger partial charge is 0.371 e. The summed E-state index contributed by atoms with van der Waals surface area (Å²) in [5.74, 6) is 0. The lowest BCUT2D eigenvalue weighted by Crippen LogP contribution is -2.44. The summed E-state index contributed by atoms with van der Waals surface area (Å²) in [4.78, 5) is 6.79. The second-order valence-corrected chi connectivity index (χ2v) is 10.3. The van der Waals surface area contributed by atoms with Gasteiger partial charge in [0.15, 0.2) is 11.4 Å². The predicted molar refractivity (Wildman–Crippen MR) is 159 cm³/mol. The Balaban J connectivity index is 2.12. The van der Waals surface area contributed by atoms with Crippen molar-refractivity contribution in [3.8, 4) is 28.2 Å². The Labute approximate surface area is 228 Å². The fourth-order valence-electron chi connectivity index (χ4n) is 5.48. The van der Waals surface area contributed by atoms with Crippen molar-refractivity contribution in [1.29, 1.82) is 0 Å². The van der Waals surface area contributed by atoms with E-state index in [1.54, 1.807) is 0 Å². The normalized spacial score (nSPS) is 11.5. The Kier molecular flexibility index (Phi) is 8.60. The quantitative estimate of drug-likeness (QED) is 0.258. The first-order valence-corrected chi connectivity index (χ1v) is 14.2. The van der Waals surface area contributed by atoms with E-state index in [-0.39, 0.29) is 12.1 Å². The first-order chi connectivity index (χ1) is 18.4. The molecule has 0 saturated heterocycles. The van der Waals surface area contributed by atoms with Crippen molar-refractivity contribution in [3.63, 3.8) is 0 Å². The summed E-state index contributed by atoms with van der Waals surface area (Å²) < 4.78 is 2.42. The third-order valence-corrected chi connectivity index (χ3v) is 7.27. The molecule has 6 heteroatoms. The average molecular weight is 513 g/mol. The molecule has 0 amide bonds. The minimum Gasteiger partial charge on any atom is -0.363 e. The van der Waals surface area contributed by atoms with Gasteiger partial charge in [-0.15, -0.1) is 0 Å². The van der Waals surface area contributed by atoms with Crippen molar-refractivity contribution in [1.82, 2.24) is 14.8 Å². The Morgan fingerprint density at radius 1 is 0.684 bits per heavy atom. The number of benzene rings is 2. The van der Waals surface area contributed by atoms with Crippen LogP contribution in [0.15, 0.2) is 60.7 Å². The lowest BCUT2D eigenvalue weighted by Gasteiger charge is -2.34. The number of hydrogen-bond acceptors (Lipinski definition) is 4. The number of anilines is 2. The van der Waals surface area contributed by atoms with Gasteiger partial charge in [-0.3, -0.25) is 0 Å². The molecule has 3 aromatic carbocycles. The molecule has 38 heavy (non-hydrogen) atoms. The van der Waals surface area contributed by atoms with Gasteiger partial charge in [0.1, 0.15) is 18.8 Å². The summed E-state index contributed by atoms with van der Waals surface area (Å²) in [6, 6.07) is 21.7. The SMILES string of the molecule is CCN(CC)c1c(-[n+]2nc(-c3ccccc3)c(N(C(C)C)C(C)C)c(-c3ccccc3)n2)c1=[N+](CC)CC. The minimum absolute atomic E-state index is 0.281. The molecule has 200 valence electrons. The maximum atomic E-state index is 5.31. The zero-order chi connectivity index (χ0) is 27.4. The van der Waals surface area contributed by atoms with Crippen LogP contribution in [0.3, 0.4) is 0 Å². The fraction of sp³-hybridized carbons (Fsp3) is 0.438. The zero-order valence-electron chi connectivity index (χ0n) is 24.4. The monoisotopic (exact) mass is 512 g/mol. The second kappa shape index (κ2) is 11.9. The van der Waals surface area contributed by atoms with Crippen LogP contribution in [0, 0.1) is 0 Å². The highest BCUT2D eigenvalue weighted by atomic mass is 15.5. The van der Waals surface area contributed by atoms with Crippen molar-refractivity contribution in [2.24, 2.45) is 0 Å². The number of hydrogen-bond donors (Lipinski definition) is 0. The third-order valence-electron chi connectivity index (χ3n) is 7.27. The highest BCUT2D eigenvalue weighted by Gasteiger charge is 2.45. The molecule has 0 atom stereocenters. The summed E-state index contributed by atoms with van der Waals surface area (Å²) in [5, 5.41) is 11.9. The summed E-state index contributed by atoms with van der Waals surface area (Å²) in [5.41, 5.74) is 7.56. The lowest BCUT2D eigenvalue weighted by atomic mass is 10.0. The van der Waals surface area contributed by atoms with E-state index < -0.39 is 0 Å². The van der Waals surface area contributed by atoms with Crippen molar-refractivity contribution in [3.05, 3.63) is 66.0 Å². The molecule has 0 spiro atoms. The van der Waals surface area contributed by atoms with Gasteiger partial charge in [-0.1, -0.05) is 60.7 Å². The van der Waals surface area contributed by atoms with Gasteiger partial charge < -0.3 is 9.80 Å². The molecule has 4 aromatic rings. The molecule has 1 aromatic heterocycles. The molecular formula is C32H44N6+2. The van der Waals surface area contributed by atoms with Gasteiger partial charge in [0.2, 0.25) is 5.69 Å². The van der Waals surface area contributed by atoms with Crippen LogP contribution >= 0.6 is 0 Å². The van der Waals surface area contributed by atoms with Crippen LogP contribution in [-0.2, 0) is 0 Å². The molecule has 0 radical (unpaired) electrons. The molecule has 0 N–H and O–H groups in total. The van der Waals surface area contributed by atoms with E-state index in [1.165, 1.54) is 11.0 Å². The van der Waals surface area contributed by atoms with E-state index in [0.29, 0.717) is 0 Å². The van der Waals surface area contributed by atoms with Crippen LogP contribution in [0.25, 0.3) is 28.2 Å². The molecule has 0 saturated carbocycles. The van der Waals surface area contributed by atoms with E-state index in [0.717, 1.165) is 60.1 Å². The van der Waals surface area contributed by atoms with Gasteiger partial charge in [-0.2, -0.15) is 0 Å². The van der Waals surface area contributed by atoms with Crippen molar-refractivity contribution >= 4 is 11.4 Å². The molecule has 6 nitrogen and oxygen atoms in total. The smallest absolute Gasteiger partial charge is 0.363 e. The zero-order valence-corrected chi connectivity index (χ0v) is 24.4. The Bertz CT molecular complexity index is 1290. The van der Waals surface area contributed by atoms with E-state index >= 15 is 0 Å². The lowest BCUT2D eigenvalue weighted by molar-refractivity contribution is -0.714. The number of aromatic nitrogens is 3. The first-order valence-electron chi connectivity index (χ1n) is 14.2. The highest BCUT2D eigenvalue weighted by Crippen LogP contribution is 2.38. The van der Waals surface area contributed by atoms with Gasteiger partial charge in [0.05, 0.1) is 4.80 Å². The van der Waals surface area contributed by atoms with Crippen molar-refractivity contribution in [2.75, 3.05) is 36.0 Å². The number of rotatable bonds is 11. The Morgan fingerprint density at radius 2 is 1.13 bits per heavy atom. The predicted octanol–water partition coefficient (Wildman–Crippen LogP) is 5.24. The molecule has 1 heterocycles. The van der Waals surface area contributed by atoms with E-state index in [2.05, 4.69) is 130 Å². The van der Waals surface area contributed by atoms with Crippen LogP contribution in [0.1, 0.15) is 55.4 Å². The van der Waals surface area contributed by atoms with Gasteiger partial charge >= 0.3 is 11.0 Å². The van der Waals surface area contributed by atoms with Gasteiger partial charge in [0.25, 0.3) is 0 Å². The standard InChI is InChI=1S/C32H44N6/c1-9-35(10-2)30-31(36(11-3)12-4)32(30)38-33-27(25-19-15-13-16-20-25)29(37(23(5)6)24(7)8)28(34-38)26-21-17-14-18-22-26/h13-24H,9-12H2,1-8H3/q+2. The van der Waals surface area contributed by atoms with Gasteiger partial charge in [0, 0.05) is 46.5 Å². The third kappa shape index (κ3) is 5.22. The average Bonchev–Trinajstić information content (AvgIpc) is 3.65. The van der Waals surface area contributed by atoms with Gasteiger partial charge in [-0.25, -0.2) is 4.58 Å². The summed E-state index contributed by atoms with van der Waals surface area (Å²) in [6.07, 6.45) is 0. The molecule has 0 unspecified atom stereocenters.